The van der Waals surface area contributed by atoms with Crippen LogP contribution >= 0.6 is 0 Å². The molecule has 2 heterocycles. The summed E-state index contributed by atoms with van der Waals surface area (Å²) in [6.45, 7) is 6.51. The molecule has 2 atom stereocenters. The molecule has 0 bridgehead atoms. The van der Waals surface area contributed by atoms with Crippen LogP contribution < -0.4 is 9.80 Å². The van der Waals surface area contributed by atoms with Crippen LogP contribution in [0.3, 0.4) is 0 Å². The fraction of sp³-hybridized carbons (Fsp3) is 0.385. The van der Waals surface area contributed by atoms with Gasteiger partial charge in [-0.05, 0) is 75.4 Å². The summed E-state index contributed by atoms with van der Waals surface area (Å²) in [4.78, 5) is 5.84. The highest BCUT2D eigenvalue weighted by Crippen LogP contribution is 2.53. The van der Waals surface area contributed by atoms with Crippen molar-refractivity contribution in [2.75, 3.05) is 12.2 Å². The van der Waals surface area contributed by atoms with E-state index >= 15 is 0 Å². The Morgan fingerprint density at radius 1 is 1.13 bits per heavy atom. The Bertz CT molecular complexity index is 1070. The van der Waals surface area contributed by atoms with Gasteiger partial charge in [0.05, 0.1) is 18.3 Å². The topological polar surface area (TPSA) is 41.9 Å². The summed E-state index contributed by atoms with van der Waals surface area (Å²) in [5, 5.41) is 12.2. The van der Waals surface area contributed by atoms with E-state index in [1.165, 1.54) is 16.7 Å². The second kappa shape index (κ2) is 6.92. The van der Waals surface area contributed by atoms with Crippen molar-refractivity contribution >= 4 is 11.3 Å². The van der Waals surface area contributed by atoms with Gasteiger partial charge >= 0.3 is 0 Å². The molecule has 0 spiro atoms. The zero-order valence-electron chi connectivity index (χ0n) is 18.1. The predicted molar refractivity (Wildman–Crippen MR) is 121 cm³/mol. The Kier molecular flexibility index (Phi) is 4.44. The zero-order chi connectivity index (χ0) is 21.0. The molecule has 1 aliphatic carbocycles. The fourth-order valence-electron chi connectivity index (χ4n) is 5.48. The van der Waals surface area contributed by atoms with E-state index in [-0.39, 0.29) is 17.4 Å². The Balaban J connectivity index is 1.78. The van der Waals surface area contributed by atoms with Gasteiger partial charge in [-0.2, -0.15) is 0 Å². The number of rotatable bonds is 2. The summed E-state index contributed by atoms with van der Waals surface area (Å²) < 4.78 is 6.66. The molecule has 4 nitrogen and oxygen atoms in total. The van der Waals surface area contributed by atoms with Crippen LogP contribution in [0.25, 0.3) is 16.7 Å². The maximum Gasteiger partial charge on any atom is 0.128 e. The molecule has 4 heteroatoms. The SMILES string of the molecule is CON1c2ccc3c(c2C(C)=CC1(C)C)C(C1CC=CCC1)Oc1ccc(O)cc1-3. The molecule has 2 aromatic rings. The molecule has 0 radical (unpaired) electrons. The number of aromatic hydroxyl groups is 1. The van der Waals surface area contributed by atoms with Crippen molar-refractivity contribution in [2.24, 2.45) is 5.92 Å². The van der Waals surface area contributed by atoms with E-state index in [0.29, 0.717) is 5.92 Å². The Hall–Kier alpha value is -2.72. The third kappa shape index (κ3) is 2.85. The lowest BCUT2D eigenvalue weighted by Gasteiger charge is -2.44. The van der Waals surface area contributed by atoms with Crippen molar-refractivity contribution in [1.29, 1.82) is 0 Å². The van der Waals surface area contributed by atoms with E-state index in [1.807, 2.05) is 17.2 Å². The molecule has 0 fully saturated rings. The van der Waals surface area contributed by atoms with E-state index in [1.54, 1.807) is 13.2 Å². The molecule has 1 N–H and O–H groups in total. The number of hydrogen-bond acceptors (Lipinski definition) is 4. The van der Waals surface area contributed by atoms with Crippen molar-refractivity contribution in [2.45, 2.75) is 51.7 Å². The highest BCUT2D eigenvalue weighted by atomic mass is 16.7. The summed E-state index contributed by atoms with van der Waals surface area (Å²) in [5.41, 5.74) is 6.59. The summed E-state index contributed by atoms with van der Waals surface area (Å²) in [7, 11) is 1.73. The molecule has 0 saturated heterocycles. The molecule has 2 aromatic carbocycles. The lowest BCUT2D eigenvalue weighted by atomic mass is 9.76. The molecule has 2 aliphatic heterocycles. The molecular weight excluding hydrogens is 374 g/mol. The molecule has 30 heavy (non-hydrogen) atoms. The summed E-state index contributed by atoms with van der Waals surface area (Å²) in [5.74, 6) is 1.52. The number of hydroxylamine groups is 1. The lowest BCUT2D eigenvalue weighted by Crippen LogP contribution is -2.44. The monoisotopic (exact) mass is 403 g/mol. The maximum atomic E-state index is 10.2. The van der Waals surface area contributed by atoms with Crippen LogP contribution in [0.5, 0.6) is 11.5 Å². The van der Waals surface area contributed by atoms with Crippen molar-refractivity contribution in [3.05, 3.63) is 59.7 Å². The first-order valence-corrected chi connectivity index (χ1v) is 10.8. The fourth-order valence-corrected chi connectivity index (χ4v) is 5.48. The number of anilines is 1. The molecular formula is C26H29NO3. The second-order valence-corrected chi connectivity index (χ2v) is 9.14. The van der Waals surface area contributed by atoms with Gasteiger partial charge in [-0.1, -0.05) is 24.3 Å². The van der Waals surface area contributed by atoms with Crippen molar-refractivity contribution in [1.82, 2.24) is 0 Å². The van der Waals surface area contributed by atoms with Gasteiger partial charge in [-0.15, -0.1) is 0 Å². The molecule has 2 unspecified atom stereocenters. The quantitative estimate of drug-likeness (QED) is 0.588. The minimum atomic E-state index is -0.241. The summed E-state index contributed by atoms with van der Waals surface area (Å²) >= 11 is 0. The van der Waals surface area contributed by atoms with Crippen molar-refractivity contribution in [3.63, 3.8) is 0 Å². The largest absolute Gasteiger partial charge is 0.508 e. The summed E-state index contributed by atoms with van der Waals surface area (Å²) in [6.07, 6.45) is 10.0. The average Bonchev–Trinajstić information content (AvgIpc) is 2.73. The van der Waals surface area contributed by atoms with Gasteiger partial charge in [-0.25, -0.2) is 5.06 Å². The lowest BCUT2D eigenvalue weighted by molar-refractivity contribution is 0.118. The van der Waals surface area contributed by atoms with E-state index < -0.39 is 0 Å². The van der Waals surface area contributed by atoms with Crippen molar-refractivity contribution in [3.8, 4) is 22.6 Å². The Labute approximate surface area is 178 Å². The third-order valence-corrected chi connectivity index (χ3v) is 6.64. The van der Waals surface area contributed by atoms with Gasteiger partial charge in [0.1, 0.15) is 17.6 Å². The second-order valence-electron chi connectivity index (χ2n) is 9.14. The average molecular weight is 404 g/mol. The molecule has 5 rings (SSSR count). The number of phenols is 1. The summed E-state index contributed by atoms with van der Waals surface area (Å²) in [6, 6.07) is 9.73. The number of fused-ring (bicyclic) bond motifs is 5. The van der Waals surface area contributed by atoms with Crippen LogP contribution in [0.4, 0.5) is 5.69 Å². The Morgan fingerprint density at radius 3 is 2.70 bits per heavy atom. The van der Waals surface area contributed by atoms with Gasteiger partial charge in [0.15, 0.2) is 0 Å². The molecule has 0 amide bonds. The molecule has 0 saturated carbocycles. The van der Waals surface area contributed by atoms with E-state index in [9.17, 15) is 5.11 Å². The maximum absolute atomic E-state index is 10.2. The van der Waals surface area contributed by atoms with Gasteiger partial charge in [0, 0.05) is 22.6 Å². The van der Waals surface area contributed by atoms with E-state index in [2.05, 4.69) is 51.1 Å². The van der Waals surface area contributed by atoms with Gasteiger partial charge in [0.2, 0.25) is 0 Å². The smallest absolute Gasteiger partial charge is 0.128 e. The zero-order valence-corrected chi connectivity index (χ0v) is 18.1. The number of benzene rings is 2. The number of allylic oxidation sites excluding steroid dienone is 3. The van der Waals surface area contributed by atoms with Crippen LogP contribution in [0, 0.1) is 5.92 Å². The minimum Gasteiger partial charge on any atom is -0.508 e. The molecule has 0 aromatic heterocycles. The van der Waals surface area contributed by atoms with Gasteiger partial charge < -0.3 is 9.84 Å². The Morgan fingerprint density at radius 2 is 1.97 bits per heavy atom. The van der Waals surface area contributed by atoms with E-state index in [0.717, 1.165) is 41.8 Å². The van der Waals surface area contributed by atoms with Crippen LogP contribution in [0.2, 0.25) is 0 Å². The van der Waals surface area contributed by atoms with Crippen LogP contribution in [-0.2, 0) is 4.84 Å². The van der Waals surface area contributed by atoms with Gasteiger partial charge in [-0.3, -0.25) is 4.84 Å². The highest BCUT2D eigenvalue weighted by Gasteiger charge is 2.40. The van der Waals surface area contributed by atoms with E-state index in [4.69, 9.17) is 9.57 Å². The predicted octanol–water partition coefficient (Wildman–Crippen LogP) is 6.41. The standard InChI is InChI=1S/C26H29NO3/c1-16-15-26(2,3)27(29-4)21-12-11-19-20-14-18(28)10-13-22(20)30-25(24(19)23(16)21)17-8-6-5-7-9-17/h5-6,10-15,17,25,28H,7-9H2,1-4H3. The number of nitrogens with zero attached hydrogens (tertiary/aromatic N) is 1. The van der Waals surface area contributed by atoms with Crippen LogP contribution in [-0.4, -0.2) is 17.8 Å². The molecule has 156 valence electrons. The highest BCUT2D eigenvalue weighted by molar-refractivity contribution is 5.90. The normalized spacial score (nSPS) is 23.7. The molecule has 3 aliphatic rings. The first-order chi connectivity index (χ1) is 14.4. The van der Waals surface area contributed by atoms with Gasteiger partial charge in [0.25, 0.3) is 0 Å². The van der Waals surface area contributed by atoms with Crippen LogP contribution in [0.1, 0.15) is 57.3 Å². The third-order valence-electron chi connectivity index (χ3n) is 6.64. The number of ether oxygens (including phenoxy) is 1. The first-order valence-electron chi connectivity index (χ1n) is 10.8. The minimum absolute atomic E-state index is 0.0276. The first kappa shape index (κ1) is 19.3. The number of phenolic OH excluding ortho intramolecular Hbond substituents is 1. The van der Waals surface area contributed by atoms with Crippen molar-refractivity contribution < 1.29 is 14.7 Å². The number of hydrogen-bond donors (Lipinski definition) is 1. The van der Waals surface area contributed by atoms with Crippen LogP contribution in [0.15, 0.2) is 48.6 Å².